The topological polar surface area (TPSA) is 53.5 Å². The van der Waals surface area contributed by atoms with E-state index >= 15 is 0 Å². The van der Waals surface area contributed by atoms with Crippen LogP contribution in [-0.4, -0.2) is 53.8 Å². The van der Waals surface area contributed by atoms with Gasteiger partial charge in [-0.2, -0.15) is 0 Å². The van der Waals surface area contributed by atoms with Crippen molar-refractivity contribution < 1.29 is 9.59 Å². The third-order valence-corrected chi connectivity index (χ3v) is 5.60. The number of carbonyl (C=O) groups is 2. The predicted octanol–water partition coefficient (Wildman–Crippen LogP) is 3.40. The van der Waals surface area contributed by atoms with Crippen molar-refractivity contribution in [1.29, 1.82) is 0 Å². The number of piperidine rings is 1. The summed E-state index contributed by atoms with van der Waals surface area (Å²) >= 11 is 0. The van der Waals surface area contributed by atoms with Gasteiger partial charge < -0.3 is 9.80 Å². The number of rotatable bonds is 5. The van der Waals surface area contributed by atoms with E-state index in [1.807, 2.05) is 24.0 Å². The second-order valence-corrected chi connectivity index (χ2v) is 7.86. The highest BCUT2D eigenvalue weighted by atomic mass is 16.2. The molecule has 2 aromatic rings. The van der Waals surface area contributed by atoms with Crippen LogP contribution in [-0.2, 0) is 16.0 Å². The first-order valence-corrected chi connectivity index (χ1v) is 9.94. The predicted molar refractivity (Wildman–Crippen MR) is 111 cm³/mol. The highest BCUT2D eigenvalue weighted by Crippen LogP contribution is 2.36. The Morgan fingerprint density at radius 1 is 1.07 bits per heavy atom. The van der Waals surface area contributed by atoms with Crippen LogP contribution in [0.3, 0.4) is 0 Å². The van der Waals surface area contributed by atoms with Crippen molar-refractivity contribution in [1.82, 2.24) is 14.8 Å². The number of hydrogen-bond donors (Lipinski definition) is 0. The summed E-state index contributed by atoms with van der Waals surface area (Å²) in [6, 6.07) is 12.4. The minimum atomic E-state index is -0.551. The molecule has 0 spiro atoms. The Hall–Kier alpha value is -2.69. The van der Waals surface area contributed by atoms with Crippen LogP contribution in [0.4, 0.5) is 0 Å². The van der Waals surface area contributed by atoms with Crippen molar-refractivity contribution in [3.8, 4) is 11.1 Å². The highest BCUT2D eigenvalue weighted by Gasteiger charge is 2.44. The Morgan fingerprint density at radius 2 is 1.71 bits per heavy atom. The van der Waals surface area contributed by atoms with Gasteiger partial charge in [0.1, 0.15) is 0 Å². The van der Waals surface area contributed by atoms with Crippen LogP contribution in [0.15, 0.2) is 48.8 Å². The number of hydrogen-bond acceptors (Lipinski definition) is 3. The number of carbonyl (C=O) groups excluding carboxylic acids is 2. The molecule has 1 aromatic heterocycles. The van der Waals surface area contributed by atoms with Gasteiger partial charge in [-0.15, -0.1) is 0 Å². The molecule has 0 aliphatic carbocycles. The van der Waals surface area contributed by atoms with E-state index in [1.54, 1.807) is 31.4 Å². The number of pyridine rings is 1. The highest BCUT2D eigenvalue weighted by molar-refractivity contribution is 5.84. The lowest BCUT2D eigenvalue weighted by Crippen LogP contribution is -2.54. The summed E-state index contributed by atoms with van der Waals surface area (Å²) in [7, 11) is 3.61. The van der Waals surface area contributed by atoms with Gasteiger partial charge in [-0.3, -0.25) is 14.6 Å². The summed E-state index contributed by atoms with van der Waals surface area (Å²) in [4.78, 5) is 33.1. The summed E-state index contributed by atoms with van der Waals surface area (Å²) < 4.78 is 0. The van der Waals surface area contributed by atoms with Gasteiger partial charge >= 0.3 is 0 Å². The Labute approximate surface area is 167 Å². The quantitative estimate of drug-likeness (QED) is 0.800. The second-order valence-electron chi connectivity index (χ2n) is 7.86. The Balaban J connectivity index is 1.86. The third-order valence-electron chi connectivity index (χ3n) is 5.60. The molecule has 1 atom stereocenters. The number of amides is 2. The first-order valence-electron chi connectivity index (χ1n) is 9.94. The molecule has 2 heterocycles. The summed E-state index contributed by atoms with van der Waals surface area (Å²) in [6.07, 6.45) is 6.37. The molecular weight excluding hydrogens is 350 g/mol. The molecule has 5 nitrogen and oxygen atoms in total. The molecule has 1 unspecified atom stereocenters. The van der Waals surface area contributed by atoms with Crippen LogP contribution in [0.2, 0.25) is 0 Å². The second kappa shape index (κ2) is 8.55. The fourth-order valence-electron chi connectivity index (χ4n) is 4.19. The van der Waals surface area contributed by atoms with Crippen molar-refractivity contribution in [2.24, 2.45) is 5.41 Å². The average Bonchev–Trinajstić information content (AvgIpc) is 2.73. The molecule has 28 heavy (non-hydrogen) atoms. The molecule has 1 aromatic carbocycles. The molecule has 1 saturated heterocycles. The van der Waals surface area contributed by atoms with Crippen molar-refractivity contribution in [3.05, 3.63) is 54.4 Å². The Morgan fingerprint density at radius 3 is 2.32 bits per heavy atom. The Kier molecular flexibility index (Phi) is 6.12. The third kappa shape index (κ3) is 4.24. The average molecular weight is 380 g/mol. The van der Waals surface area contributed by atoms with Crippen LogP contribution < -0.4 is 0 Å². The normalized spacial score (nSPS) is 19.3. The van der Waals surface area contributed by atoms with Crippen LogP contribution in [0.5, 0.6) is 0 Å². The van der Waals surface area contributed by atoms with Crippen molar-refractivity contribution in [3.63, 3.8) is 0 Å². The summed E-state index contributed by atoms with van der Waals surface area (Å²) in [5, 5.41) is 0. The van der Waals surface area contributed by atoms with Crippen LogP contribution in [0.25, 0.3) is 11.1 Å². The summed E-state index contributed by atoms with van der Waals surface area (Å²) in [5.41, 5.74) is 2.83. The monoisotopic (exact) mass is 379 g/mol. The molecule has 5 heteroatoms. The van der Waals surface area contributed by atoms with Gasteiger partial charge in [0, 0.05) is 46.0 Å². The van der Waals surface area contributed by atoms with Gasteiger partial charge in [-0.25, -0.2) is 0 Å². The van der Waals surface area contributed by atoms with Gasteiger partial charge in [0.25, 0.3) is 0 Å². The van der Waals surface area contributed by atoms with E-state index in [4.69, 9.17) is 0 Å². The molecule has 3 rings (SSSR count). The molecule has 0 N–H and O–H groups in total. The van der Waals surface area contributed by atoms with E-state index in [2.05, 4.69) is 29.2 Å². The molecule has 1 aliphatic heterocycles. The number of nitrogens with zero attached hydrogens (tertiary/aromatic N) is 3. The lowest BCUT2D eigenvalue weighted by Gasteiger charge is -2.43. The number of likely N-dealkylation sites (tertiary alicyclic amines) is 1. The van der Waals surface area contributed by atoms with Crippen LogP contribution >= 0.6 is 0 Å². The van der Waals surface area contributed by atoms with E-state index in [0.29, 0.717) is 19.4 Å². The lowest BCUT2D eigenvalue weighted by atomic mass is 9.73. The summed E-state index contributed by atoms with van der Waals surface area (Å²) in [6.45, 7) is 3.13. The molecule has 0 radical (unpaired) electrons. The van der Waals surface area contributed by atoms with Gasteiger partial charge in [0.05, 0.1) is 5.41 Å². The maximum atomic E-state index is 13.2. The first-order chi connectivity index (χ1) is 13.4. The SMILES string of the molecule is CCC(=O)N1CCCC(Cc2ccc(-c3ccncc3)cc2)(C(=O)N(C)C)C1. The van der Waals surface area contributed by atoms with E-state index in [0.717, 1.165) is 36.1 Å². The standard InChI is InChI=1S/C23H29N3O2/c1-4-21(27)26-15-5-12-23(17-26,22(28)25(2)3)16-18-6-8-19(9-7-18)20-10-13-24-14-11-20/h6-11,13-14H,4-5,12,15-17H2,1-3H3. The fraction of sp³-hybridized carbons (Fsp3) is 0.435. The molecule has 1 aliphatic rings. The van der Waals surface area contributed by atoms with Crippen molar-refractivity contribution in [2.45, 2.75) is 32.6 Å². The molecule has 0 bridgehead atoms. The van der Waals surface area contributed by atoms with Gasteiger partial charge in [-0.1, -0.05) is 31.2 Å². The van der Waals surface area contributed by atoms with Gasteiger partial charge in [0.15, 0.2) is 0 Å². The maximum Gasteiger partial charge on any atom is 0.230 e. The van der Waals surface area contributed by atoms with Gasteiger partial charge in [0.2, 0.25) is 11.8 Å². The first kappa shape index (κ1) is 20.1. The zero-order valence-electron chi connectivity index (χ0n) is 17.0. The minimum Gasteiger partial charge on any atom is -0.348 e. The number of benzene rings is 1. The van der Waals surface area contributed by atoms with E-state index in [-0.39, 0.29) is 11.8 Å². The molecule has 148 valence electrons. The van der Waals surface area contributed by atoms with Gasteiger partial charge in [-0.05, 0) is 48.1 Å². The van der Waals surface area contributed by atoms with Crippen molar-refractivity contribution in [2.75, 3.05) is 27.2 Å². The van der Waals surface area contributed by atoms with E-state index in [9.17, 15) is 9.59 Å². The molecule has 1 fully saturated rings. The fourth-order valence-corrected chi connectivity index (χ4v) is 4.19. The zero-order valence-corrected chi connectivity index (χ0v) is 17.0. The largest absolute Gasteiger partial charge is 0.348 e. The van der Waals surface area contributed by atoms with E-state index < -0.39 is 5.41 Å². The van der Waals surface area contributed by atoms with Crippen LogP contribution in [0.1, 0.15) is 31.7 Å². The minimum absolute atomic E-state index is 0.110. The summed E-state index contributed by atoms with van der Waals surface area (Å²) in [5.74, 6) is 0.239. The smallest absolute Gasteiger partial charge is 0.230 e. The van der Waals surface area contributed by atoms with E-state index in [1.165, 1.54) is 0 Å². The zero-order chi connectivity index (χ0) is 20.1. The van der Waals surface area contributed by atoms with Crippen molar-refractivity contribution >= 4 is 11.8 Å². The maximum absolute atomic E-state index is 13.2. The molecule has 2 amide bonds. The molecule has 0 saturated carbocycles. The van der Waals surface area contributed by atoms with Crippen LogP contribution in [0, 0.1) is 5.41 Å². The lowest BCUT2D eigenvalue weighted by molar-refractivity contribution is -0.147. The number of aromatic nitrogens is 1. The Bertz CT molecular complexity index is 818. The molecular formula is C23H29N3O2.